The average molecular weight is 687 g/mol. The Morgan fingerprint density at radius 2 is 1.67 bits per heavy atom. The number of nitrogens with zero attached hydrogens (tertiary/aromatic N) is 2. The molecule has 3 rings (SSSR count). The highest BCUT2D eigenvalue weighted by molar-refractivity contribution is 7.92. The van der Waals surface area contributed by atoms with E-state index in [-0.39, 0.29) is 50.0 Å². The predicted octanol–water partition coefficient (Wildman–Crippen LogP) is 7.11. The van der Waals surface area contributed by atoms with Gasteiger partial charge in [-0.15, -0.1) is 0 Å². The van der Waals surface area contributed by atoms with Gasteiger partial charge in [0.2, 0.25) is 21.8 Å². The highest BCUT2D eigenvalue weighted by Gasteiger charge is 2.33. The summed E-state index contributed by atoms with van der Waals surface area (Å²) in [6.45, 7) is 3.48. The van der Waals surface area contributed by atoms with E-state index in [0.29, 0.717) is 22.0 Å². The molecule has 0 unspecified atom stereocenters. The molecule has 0 saturated carbocycles. The van der Waals surface area contributed by atoms with E-state index in [1.165, 1.54) is 17.0 Å². The molecule has 0 aliphatic heterocycles. The smallest absolute Gasteiger partial charge is 0.352 e. The van der Waals surface area contributed by atoms with Gasteiger partial charge in [0.05, 0.1) is 17.5 Å². The van der Waals surface area contributed by atoms with Crippen molar-refractivity contribution in [3.63, 3.8) is 0 Å². The number of anilines is 1. The van der Waals surface area contributed by atoms with Crippen molar-refractivity contribution in [3.05, 3.63) is 99.5 Å². The molecule has 0 saturated heterocycles. The van der Waals surface area contributed by atoms with E-state index in [4.69, 9.17) is 23.2 Å². The molecular formula is C32H36Cl2F3N3O4S. The lowest BCUT2D eigenvalue weighted by molar-refractivity contribution is -0.141. The molecule has 45 heavy (non-hydrogen) atoms. The summed E-state index contributed by atoms with van der Waals surface area (Å²) in [6, 6.07) is 16.9. The van der Waals surface area contributed by atoms with Crippen LogP contribution in [0.4, 0.5) is 18.9 Å². The van der Waals surface area contributed by atoms with E-state index in [1.54, 1.807) is 12.1 Å². The standard InChI is InChI=1S/C32H36Cl2F3N3O4S/c1-4-22(2)38-31(42)29(18-23-10-6-5-7-11-23)39(21-24-15-16-26(33)20-28(24)34)30(41)14-9-17-40(45(3,43)44)27-13-8-12-25(19-27)32(35,36)37/h5-8,10-13,15-16,19-20,22,29H,4,9,14,17-18,21H2,1-3H3,(H,38,42)/t22-,29+/m0/s1. The maximum absolute atomic E-state index is 13.9. The third-order valence-electron chi connectivity index (χ3n) is 7.24. The van der Waals surface area contributed by atoms with Crippen LogP contribution in [0.5, 0.6) is 0 Å². The monoisotopic (exact) mass is 685 g/mol. The Hall–Kier alpha value is -3.28. The zero-order valence-corrected chi connectivity index (χ0v) is 27.5. The molecule has 0 aliphatic rings. The lowest BCUT2D eigenvalue weighted by Crippen LogP contribution is -2.52. The molecule has 2 amide bonds. The van der Waals surface area contributed by atoms with Crippen LogP contribution in [0.15, 0.2) is 72.8 Å². The molecule has 1 N–H and O–H groups in total. The highest BCUT2D eigenvalue weighted by atomic mass is 35.5. The average Bonchev–Trinajstić information content (AvgIpc) is 2.97. The van der Waals surface area contributed by atoms with Crippen molar-refractivity contribution < 1.29 is 31.2 Å². The number of nitrogens with one attached hydrogen (secondary N) is 1. The molecule has 0 aromatic heterocycles. The minimum absolute atomic E-state index is 0.0297. The van der Waals surface area contributed by atoms with E-state index in [0.717, 1.165) is 34.3 Å². The van der Waals surface area contributed by atoms with Gasteiger partial charge in [-0.1, -0.05) is 72.6 Å². The number of amides is 2. The van der Waals surface area contributed by atoms with Gasteiger partial charge in [-0.05, 0) is 61.2 Å². The molecule has 13 heteroatoms. The van der Waals surface area contributed by atoms with Crippen LogP contribution in [0.3, 0.4) is 0 Å². The number of halogens is 5. The van der Waals surface area contributed by atoms with Crippen molar-refractivity contribution in [3.8, 4) is 0 Å². The summed E-state index contributed by atoms with van der Waals surface area (Å²) in [6.07, 6.45) is -3.14. The van der Waals surface area contributed by atoms with Gasteiger partial charge in [0.25, 0.3) is 0 Å². The lowest BCUT2D eigenvalue weighted by Gasteiger charge is -2.33. The summed E-state index contributed by atoms with van der Waals surface area (Å²) in [4.78, 5) is 29.0. The first-order chi connectivity index (χ1) is 21.1. The molecule has 7 nitrogen and oxygen atoms in total. The fourth-order valence-corrected chi connectivity index (χ4v) is 6.10. The maximum atomic E-state index is 13.9. The molecule has 2 atom stereocenters. The quantitative estimate of drug-likeness (QED) is 0.196. The van der Waals surface area contributed by atoms with Crippen molar-refractivity contribution in [2.75, 3.05) is 17.1 Å². The second kappa shape index (κ2) is 15.8. The number of rotatable bonds is 14. The second-order valence-electron chi connectivity index (χ2n) is 10.8. The topological polar surface area (TPSA) is 86.8 Å². The minimum atomic E-state index is -4.66. The zero-order valence-electron chi connectivity index (χ0n) is 25.2. The molecule has 0 spiro atoms. The number of alkyl halides is 3. The summed E-state index contributed by atoms with van der Waals surface area (Å²) in [5.41, 5.74) is 0.200. The van der Waals surface area contributed by atoms with Gasteiger partial charge in [-0.2, -0.15) is 13.2 Å². The minimum Gasteiger partial charge on any atom is -0.352 e. The normalized spacial score (nSPS) is 13.2. The zero-order chi connectivity index (χ0) is 33.4. The first-order valence-electron chi connectivity index (χ1n) is 14.3. The van der Waals surface area contributed by atoms with Gasteiger partial charge < -0.3 is 10.2 Å². The van der Waals surface area contributed by atoms with Gasteiger partial charge in [0.15, 0.2) is 0 Å². The third-order valence-corrected chi connectivity index (χ3v) is 9.02. The summed E-state index contributed by atoms with van der Waals surface area (Å²) >= 11 is 12.5. The van der Waals surface area contributed by atoms with Crippen LogP contribution in [0.1, 0.15) is 49.8 Å². The van der Waals surface area contributed by atoms with Gasteiger partial charge in [-0.3, -0.25) is 13.9 Å². The summed E-state index contributed by atoms with van der Waals surface area (Å²) in [5, 5.41) is 3.66. The molecule has 0 radical (unpaired) electrons. The number of hydrogen-bond donors (Lipinski definition) is 1. The van der Waals surface area contributed by atoms with E-state index >= 15 is 0 Å². The summed E-state index contributed by atoms with van der Waals surface area (Å²) in [5.74, 6) is -0.827. The Kier molecular flexibility index (Phi) is 12.7. The largest absolute Gasteiger partial charge is 0.416 e. The van der Waals surface area contributed by atoms with Crippen LogP contribution >= 0.6 is 23.2 Å². The van der Waals surface area contributed by atoms with Crippen molar-refractivity contribution >= 4 is 50.7 Å². The van der Waals surface area contributed by atoms with Crippen LogP contribution < -0.4 is 9.62 Å². The van der Waals surface area contributed by atoms with E-state index in [2.05, 4.69) is 5.32 Å². The van der Waals surface area contributed by atoms with Crippen LogP contribution in [-0.4, -0.2) is 50.0 Å². The first kappa shape index (κ1) is 36.2. The molecule has 0 aliphatic carbocycles. The summed E-state index contributed by atoms with van der Waals surface area (Å²) < 4.78 is 66.1. The lowest BCUT2D eigenvalue weighted by atomic mass is 10.0. The Morgan fingerprint density at radius 1 is 0.978 bits per heavy atom. The van der Waals surface area contributed by atoms with Gasteiger partial charge in [-0.25, -0.2) is 8.42 Å². The third kappa shape index (κ3) is 10.6. The molecule has 0 bridgehead atoms. The number of sulfonamides is 1. The fraction of sp³-hybridized carbons (Fsp3) is 0.375. The summed E-state index contributed by atoms with van der Waals surface area (Å²) in [7, 11) is -4.00. The molecule has 0 heterocycles. The van der Waals surface area contributed by atoms with Gasteiger partial charge >= 0.3 is 6.18 Å². The van der Waals surface area contributed by atoms with Crippen molar-refractivity contribution in [2.24, 2.45) is 0 Å². The number of carbonyl (C=O) groups excluding carboxylic acids is 2. The first-order valence-corrected chi connectivity index (χ1v) is 16.9. The SMILES string of the molecule is CC[C@H](C)NC(=O)[C@@H](Cc1ccccc1)N(Cc1ccc(Cl)cc1Cl)C(=O)CCCN(c1cccc(C(F)(F)F)c1)S(C)(=O)=O. The van der Waals surface area contributed by atoms with Crippen molar-refractivity contribution in [1.29, 1.82) is 0 Å². The van der Waals surface area contributed by atoms with Crippen LogP contribution in [0.2, 0.25) is 10.0 Å². The molecular weight excluding hydrogens is 650 g/mol. The highest BCUT2D eigenvalue weighted by Crippen LogP contribution is 2.32. The van der Waals surface area contributed by atoms with Gasteiger partial charge in [0.1, 0.15) is 6.04 Å². The van der Waals surface area contributed by atoms with E-state index in [1.807, 2.05) is 44.2 Å². The fourth-order valence-electron chi connectivity index (χ4n) is 4.67. The molecule has 3 aromatic carbocycles. The molecule has 244 valence electrons. The maximum Gasteiger partial charge on any atom is 0.416 e. The number of hydrogen-bond acceptors (Lipinski definition) is 4. The van der Waals surface area contributed by atoms with Crippen LogP contribution in [0.25, 0.3) is 0 Å². The van der Waals surface area contributed by atoms with Crippen LogP contribution in [-0.2, 0) is 38.8 Å². The van der Waals surface area contributed by atoms with Crippen molar-refractivity contribution in [1.82, 2.24) is 10.2 Å². The van der Waals surface area contributed by atoms with Crippen LogP contribution in [0, 0.1) is 0 Å². The Balaban J connectivity index is 1.93. The molecule has 0 fully saturated rings. The molecule has 3 aromatic rings. The Labute approximate surface area is 272 Å². The predicted molar refractivity (Wildman–Crippen MR) is 172 cm³/mol. The van der Waals surface area contributed by atoms with E-state index < -0.39 is 33.7 Å². The van der Waals surface area contributed by atoms with E-state index in [9.17, 15) is 31.2 Å². The Bertz CT molecular complexity index is 1570. The second-order valence-corrected chi connectivity index (χ2v) is 13.5. The number of benzene rings is 3. The Morgan fingerprint density at radius 3 is 2.27 bits per heavy atom. The number of carbonyl (C=O) groups is 2. The van der Waals surface area contributed by atoms with Crippen molar-refractivity contribution in [2.45, 2.75) is 64.3 Å². The van der Waals surface area contributed by atoms with Gasteiger partial charge in [0, 0.05) is 42.0 Å².